The van der Waals surface area contributed by atoms with Gasteiger partial charge >= 0.3 is 0 Å². The van der Waals surface area contributed by atoms with Crippen LogP contribution in [0, 0.1) is 0 Å². The Morgan fingerprint density at radius 2 is 1.57 bits per heavy atom. The molecular formula is C26H25N3O6. The number of nitrogens with zero attached hydrogens (tertiary/aromatic N) is 1. The van der Waals surface area contributed by atoms with E-state index in [0.29, 0.717) is 35.2 Å². The first-order chi connectivity index (χ1) is 17.0. The van der Waals surface area contributed by atoms with Crippen molar-refractivity contribution in [3.63, 3.8) is 0 Å². The van der Waals surface area contributed by atoms with E-state index in [0.717, 1.165) is 5.75 Å². The Balaban J connectivity index is 1.38. The summed E-state index contributed by atoms with van der Waals surface area (Å²) in [6.45, 7) is 1.89. The molecule has 9 nitrogen and oxygen atoms in total. The zero-order chi connectivity index (χ0) is 24.6. The van der Waals surface area contributed by atoms with Gasteiger partial charge in [-0.3, -0.25) is 19.3 Å². The Bertz CT molecular complexity index is 1200. The van der Waals surface area contributed by atoms with Gasteiger partial charge in [0.2, 0.25) is 5.91 Å². The van der Waals surface area contributed by atoms with Gasteiger partial charge in [0, 0.05) is 11.4 Å². The average molecular weight is 476 g/mol. The van der Waals surface area contributed by atoms with Crippen LogP contribution in [0.3, 0.4) is 0 Å². The third-order valence-electron chi connectivity index (χ3n) is 5.05. The van der Waals surface area contributed by atoms with E-state index in [9.17, 15) is 14.4 Å². The van der Waals surface area contributed by atoms with Crippen LogP contribution in [-0.2, 0) is 14.4 Å². The van der Waals surface area contributed by atoms with E-state index in [1.54, 1.807) is 66.7 Å². The number of rotatable bonds is 9. The van der Waals surface area contributed by atoms with Crippen LogP contribution in [-0.4, -0.2) is 44.1 Å². The van der Waals surface area contributed by atoms with Gasteiger partial charge in [0.1, 0.15) is 23.8 Å². The van der Waals surface area contributed by atoms with Gasteiger partial charge in [0.15, 0.2) is 13.2 Å². The van der Waals surface area contributed by atoms with Gasteiger partial charge in [0.05, 0.1) is 12.3 Å². The standard InChI is InChI=1S/C26H25N3O6/c1-2-33-20-9-11-21(12-10-20)34-16-25(31)28-19-8-13-23-22(14-19)29(26(32)17-35-23)15-24(30)27-18-6-4-3-5-7-18/h3-14H,2,15-17H2,1H3,(H,27,30)(H,28,31). The minimum absolute atomic E-state index is 0.173. The maximum absolute atomic E-state index is 12.5. The van der Waals surface area contributed by atoms with Gasteiger partial charge in [0.25, 0.3) is 11.8 Å². The van der Waals surface area contributed by atoms with Crippen molar-refractivity contribution >= 4 is 34.8 Å². The molecule has 0 aliphatic carbocycles. The molecule has 0 fully saturated rings. The van der Waals surface area contributed by atoms with Gasteiger partial charge < -0.3 is 24.8 Å². The average Bonchev–Trinajstić information content (AvgIpc) is 2.86. The van der Waals surface area contributed by atoms with Crippen LogP contribution in [0.1, 0.15) is 6.92 Å². The maximum atomic E-state index is 12.5. The lowest BCUT2D eigenvalue weighted by Gasteiger charge is -2.29. The number of hydrogen-bond acceptors (Lipinski definition) is 6. The molecular weight excluding hydrogens is 450 g/mol. The fourth-order valence-corrected chi connectivity index (χ4v) is 3.46. The summed E-state index contributed by atoms with van der Waals surface area (Å²) in [5.74, 6) is 0.607. The zero-order valence-corrected chi connectivity index (χ0v) is 19.2. The maximum Gasteiger partial charge on any atom is 0.265 e. The highest BCUT2D eigenvalue weighted by molar-refractivity contribution is 6.05. The first kappa shape index (κ1) is 23.6. The first-order valence-electron chi connectivity index (χ1n) is 11.1. The van der Waals surface area contributed by atoms with Gasteiger partial charge in [-0.15, -0.1) is 0 Å². The predicted octanol–water partition coefficient (Wildman–Crippen LogP) is 3.47. The second-order valence-corrected chi connectivity index (χ2v) is 7.61. The van der Waals surface area contributed by atoms with E-state index >= 15 is 0 Å². The van der Waals surface area contributed by atoms with Crippen LogP contribution in [0.25, 0.3) is 0 Å². The minimum Gasteiger partial charge on any atom is -0.494 e. The van der Waals surface area contributed by atoms with Crippen molar-refractivity contribution < 1.29 is 28.6 Å². The van der Waals surface area contributed by atoms with Crippen LogP contribution < -0.4 is 29.7 Å². The minimum atomic E-state index is -0.379. The Kier molecular flexibility index (Phi) is 7.47. The zero-order valence-electron chi connectivity index (χ0n) is 19.2. The van der Waals surface area contributed by atoms with E-state index in [4.69, 9.17) is 14.2 Å². The van der Waals surface area contributed by atoms with Crippen molar-refractivity contribution in [3.8, 4) is 17.2 Å². The Morgan fingerprint density at radius 3 is 2.29 bits per heavy atom. The summed E-state index contributed by atoms with van der Waals surface area (Å²) in [6, 6.07) is 20.8. The summed E-state index contributed by atoms with van der Waals surface area (Å²) in [6.07, 6.45) is 0. The highest BCUT2D eigenvalue weighted by Gasteiger charge is 2.28. The van der Waals surface area contributed by atoms with Crippen molar-refractivity contribution in [3.05, 3.63) is 72.8 Å². The third kappa shape index (κ3) is 6.29. The molecule has 0 aromatic heterocycles. The predicted molar refractivity (Wildman–Crippen MR) is 131 cm³/mol. The Labute approximate surface area is 202 Å². The van der Waals surface area contributed by atoms with Crippen molar-refractivity contribution in [1.82, 2.24) is 0 Å². The number of para-hydroxylation sites is 1. The number of carbonyl (C=O) groups excluding carboxylic acids is 3. The molecule has 0 radical (unpaired) electrons. The largest absolute Gasteiger partial charge is 0.494 e. The number of benzene rings is 3. The van der Waals surface area contributed by atoms with Gasteiger partial charge in [-0.2, -0.15) is 0 Å². The highest BCUT2D eigenvalue weighted by Crippen LogP contribution is 2.34. The summed E-state index contributed by atoms with van der Waals surface area (Å²) in [5, 5.41) is 5.50. The topological polar surface area (TPSA) is 106 Å². The molecule has 4 rings (SSSR count). The number of amides is 3. The number of fused-ring (bicyclic) bond motifs is 1. The smallest absolute Gasteiger partial charge is 0.265 e. The van der Waals surface area contributed by atoms with Crippen molar-refractivity contribution in [1.29, 1.82) is 0 Å². The highest BCUT2D eigenvalue weighted by atomic mass is 16.5. The molecule has 1 aliphatic rings. The Hall–Kier alpha value is -4.53. The molecule has 3 aromatic carbocycles. The molecule has 0 spiro atoms. The van der Waals surface area contributed by atoms with Crippen molar-refractivity contribution in [2.75, 3.05) is 41.9 Å². The van der Waals surface area contributed by atoms with Gasteiger partial charge in [-0.25, -0.2) is 0 Å². The molecule has 1 heterocycles. The van der Waals surface area contributed by atoms with E-state index < -0.39 is 0 Å². The molecule has 0 saturated carbocycles. The molecule has 1 aliphatic heterocycles. The number of hydrogen-bond donors (Lipinski definition) is 2. The summed E-state index contributed by atoms with van der Waals surface area (Å²) < 4.78 is 16.4. The molecule has 2 N–H and O–H groups in total. The third-order valence-corrected chi connectivity index (χ3v) is 5.05. The molecule has 0 saturated heterocycles. The lowest BCUT2D eigenvalue weighted by molar-refractivity contribution is -0.123. The lowest BCUT2D eigenvalue weighted by atomic mass is 10.2. The van der Waals surface area contributed by atoms with Crippen molar-refractivity contribution in [2.24, 2.45) is 0 Å². The van der Waals surface area contributed by atoms with Crippen LogP contribution in [0.2, 0.25) is 0 Å². The fraction of sp³-hybridized carbons (Fsp3) is 0.192. The molecule has 3 amide bonds. The monoisotopic (exact) mass is 475 g/mol. The van der Waals surface area contributed by atoms with E-state index in [1.807, 2.05) is 13.0 Å². The van der Waals surface area contributed by atoms with Crippen LogP contribution in [0.5, 0.6) is 17.2 Å². The first-order valence-corrected chi connectivity index (χ1v) is 11.1. The molecule has 0 unspecified atom stereocenters. The summed E-state index contributed by atoms with van der Waals surface area (Å²) in [4.78, 5) is 38.8. The van der Waals surface area contributed by atoms with Crippen LogP contribution >= 0.6 is 0 Å². The van der Waals surface area contributed by atoms with Crippen molar-refractivity contribution in [2.45, 2.75) is 6.92 Å². The van der Waals surface area contributed by atoms with Crippen LogP contribution in [0.4, 0.5) is 17.1 Å². The lowest BCUT2D eigenvalue weighted by Crippen LogP contribution is -2.43. The molecule has 180 valence electrons. The number of ether oxygens (including phenoxy) is 3. The Morgan fingerprint density at radius 1 is 0.886 bits per heavy atom. The molecule has 35 heavy (non-hydrogen) atoms. The second-order valence-electron chi connectivity index (χ2n) is 7.61. The van der Waals surface area contributed by atoms with Gasteiger partial charge in [-0.1, -0.05) is 18.2 Å². The normalized spacial score (nSPS) is 12.3. The second kappa shape index (κ2) is 11.1. The summed E-state index contributed by atoms with van der Waals surface area (Å²) in [7, 11) is 0. The van der Waals surface area contributed by atoms with E-state index in [1.165, 1.54) is 4.90 Å². The molecule has 3 aromatic rings. The quantitative estimate of drug-likeness (QED) is 0.491. The molecule has 0 bridgehead atoms. The summed E-state index contributed by atoms with van der Waals surface area (Å²) >= 11 is 0. The number of anilines is 3. The SMILES string of the molecule is CCOc1ccc(OCC(=O)Nc2ccc3c(c2)N(CC(=O)Nc2ccccc2)C(=O)CO3)cc1. The summed E-state index contributed by atoms with van der Waals surface area (Å²) in [5.41, 5.74) is 1.47. The fourth-order valence-electron chi connectivity index (χ4n) is 3.46. The van der Waals surface area contributed by atoms with E-state index in [2.05, 4.69) is 10.6 Å². The number of carbonyl (C=O) groups is 3. The van der Waals surface area contributed by atoms with Gasteiger partial charge in [-0.05, 0) is 61.5 Å². The van der Waals surface area contributed by atoms with Crippen LogP contribution in [0.15, 0.2) is 72.8 Å². The molecule has 9 heteroatoms. The number of nitrogens with one attached hydrogen (secondary N) is 2. The van der Waals surface area contributed by atoms with E-state index in [-0.39, 0.29) is 37.5 Å². The molecule has 0 atom stereocenters.